The molecule has 0 radical (unpaired) electrons. The van der Waals surface area contributed by atoms with Crippen LogP contribution in [0, 0.1) is 0 Å². The van der Waals surface area contributed by atoms with E-state index >= 15 is 0 Å². The van der Waals surface area contributed by atoms with Crippen molar-refractivity contribution in [1.29, 1.82) is 0 Å². The monoisotopic (exact) mass is 367 g/mol. The molecular weight excluding hydrogens is 342 g/mol. The van der Waals surface area contributed by atoms with Crippen LogP contribution in [0.2, 0.25) is 0 Å². The van der Waals surface area contributed by atoms with Crippen molar-refractivity contribution in [3.05, 3.63) is 94.9 Å². The van der Waals surface area contributed by atoms with Gasteiger partial charge in [-0.15, -0.1) is 6.58 Å². The molecule has 0 amide bonds. The molecule has 0 unspecified atom stereocenters. The molecule has 0 aliphatic rings. The topological polar surface area (TPSA) is 87.5 Å². The zero-order valence-corrected chi connectivity index (χ0v) is 15.2. The molecule has 0 aliphatic heterocycles. The van der Waals surface area contributed by atoms with Crippen LogP contribution in [0.1, 0.15) is 17.5 Å². The van der Waals surface area contributed by atoms with Crippen molar-refractivity contribution in [1.82, 2.24) is 0 Å². The highest BCUT2D eigenvalue weighted by molar-refractivity contribution is 5.14. The molecule has 0 spiro atoms. The fourth-order valence-corrected chi connectivity index (χ4v) is 2.68. The Morgan fingerprint density at radius 1 is 1.00 bits per heavy atom. The van der Waals surface area contributed by atoms with Crippen LogP contribution in [0.3, 0.4) is 0 Å². The van der Waals surface area contributed by atoms with Gasteiger partial charge < -0.3 is 14.6 Å². The lowest BCUT2D eigenvalue weighted by atomic mass is 10.0. The van der Waals surface area contributed by atoms with E-state index in [4.69, 9.17) is 15.0 Å². The van der Waals surface area contributed by atoms with Gasteiger partial charge in [0.1, 0.15) is 6.10 Å². The van der Waals surface area contributed by atoms with Crippen LogP contribution in [-0.2, 0) is 22.7 Å². The van der Waals surface area contributed by atoms with Crippen LogP contribution in [0.15, 0.2) is 78.4 Å². The van der Waals surface area contributed by atoms with Gasteiger partial charge in [0, 0.05) is 4.91 Å². The molecule has 2 aromatic carbocycles. The van der Waals surface area contributed by atoms with E-state index in [2.05, 4.69) is 16.6 Å². The summed E-state index contributed by atoms with van der Waals surface area (Å²) in [7, 11) is 0. The van der Waals surface area contributed by atoms with Gasteiger partial charge in [0.15, 0.2) is 0 Å². The third-order valence-electron chi connectivity index (χ3n) is 4.07. The number of hydrogen-bond donors (Lipinski definition) is 1. The maximum atomic E-state index is 10.5. The van der Waals surface area contributed by atoms with Gasteiger partial charge in [-0.25, -0.2) is 0 Å². The summed E-state index contributed by atoms with van der Waals surface area (Å²) in [6.45, 7) is 4.40. The predicted molar refractivity (Wildman–Crippen MR) is 105 cm³/mol. The van der Waals surface area contributed by atoms with Crippen LogP contribution >= 0.6 is 0 Å². The molecule has 0 aliphatic carbocycles. The third kappa shape index (κ3) is 7.25. The van der Waals surface area contributed by atoms with Gasteiger partial charge in [-0.3, -0.25) is 0 Å². The first kappa shape index (κ1) is 20.7. The number of nitrogens with zero attached hydrogens (tertiary/aromatic N) is 3. The smallest absolute Gasteiger partial charge is 0.110 e. The molecule has 6 heteroatoms. The number of aliphatic hydroxyl groups excluding tert-OH is 1. The predicted octanol–water partition coefficient (Wildman–Crippen LogP) is 4.40. The highest BCUT2D eigenvalue weighted by atomic mass is 16.5. The third-order valence-corrected chi connectivity index (χ3v) is 4.07. The van der Waals surface area contributed by atoms with Gasteiger partial charge in [-0.1, -0.05) is 71.9 Å². The Balaban J connectivity index is 2.11. The number of benzene rings is 2. The Bertz CT molecular complexity index is 718. The molecular formula is C21H25N3O3. The summed E-state index contributed by atoms with van der Waals surface area (Å²) in [5.74, 6) is 0. The molecule has 0 aromatic heterocycles. The lowest BCUT2D eigenvalue weighted by Gasteiger charge is -2.30. The Kier molecular flexibility index (Phi) is 9.10. The number of aliphatic hydroxyl groups is 1. The molecule has 0 bridgehead atoms. The van der Waals surface area contributed by atoms with E-state index in [9.17, 15) is 5.11 Å². The molecule has 3 atom stereocenters. The fraction of sp³-hybridized carbons (Fsp3) is 0.333. The zero-order chi connectivity index (χ0) is 19.3. The molecule has 0 saturated carbocycles. The molecule has 1 N–H and O–H groups in total. The van der Waals surface area contributed by atoms with Crippen molar-refractivity contribution in [3.8, 4) is 0 Å². The minimum absolute atomic E-state index is 0.0665. The maximum Gasteiger partial charge on any atom is 0.110 e. The van der Waals surface area contributed by atoms with Gasteiger partial charge in [0.2, 0.25) is 0 Å². The molecule has 0 heterocycles. The quantitative estimate of drug-likeness (QED) is 0.261. The van der Waals surface area contributed by atoms with E-state index in [-0.39, 0.29) is 6.54 Å². The van der Waals surface area contributed by atoms with Gasteiger partial charge in [-0.05, 0) is 23.1 Å². The van der Waals surface area contributed by atoms with Crippen molar-refractivity contribution in [2.24, 2.45) is 5.11 Å². The van der Waals surface area contributed by atoms with E-state index in [1.807, 2.05) is 60.7 Å². The van der Waals surface area contributed by atoms with E-state index < -0.39 is 18.3 Å². The summed E-state index contributed by atoms with van der Waals surface area (Å²) in [6, 6.07) is 19.4. The van der Waals surface area contributed by atoms with Crippen LogP contribution in [0.4, 0.5) is 0 Å². The van der Waals surface area contributed by atoms with E-state index in [1.54, 1.807) is 6.08 Å². The lowest BCUT2D eigenvalue weighted by molar-refractivity contribution is -0.127. The van der Waals surface area contributed by atoms with Gasteiger partial charge in [0.25, 0.3) is 0 Å². The van der Waals surface area contributed by atoms with Gasteiger partial charge in [0.05, 0.1) is 32.0 Å². The minimum atomic E-state index is -0.819. The van der Waals surface area contributed by atoms with Crippen LogP contribution in [-0.4, -0.2) is 30.0 Å². The lowest BCUT2D eigenvalue weighted by Crippen LogP contribution is -2.42. The highest BCUT2D eigenvalue weighted by Crippen LogP contribution is 2.17. The van der Waals surface area contributed by atoms with Crippen molar-refractivity contribution in [2.45, 2.75) is 37.9 Å². The fourth-order valence-electron chi connectivity index (χ4n) is 2.68. The van der Waals surface area contributed by atoms with Gasteiger partial charge in [-0.2, -0.15) is 0 Å². The summed E-state index contributed by atoms with van der Waals surface area (Å²) >= 11 is 0. The first-order valence-electron chi connectivity index (χ1n) is 8.85. The summed E-state index contributed by atoms with van der Waals surface area (Å²) in [5.41, 5.74) is 10.7. The molecule has 0 saturated heterocycles. The summed E-state index contributed by atoms with van der Waals surface area (Å²) in [6.07, 6.45) is -0.0789. The van der Waals surface area contributed by atoms with Gasteiger partial charge >= 0.3 is 0 Å². The Labute approximate surface area is 159 Å². The number of azide groups is 1. The number of hydrogen-bond acceptors (Lipinski definition) is 4. The molecule has 27 heavy (non-hydrogen) atoms. The maximum absolute atomic E-state index is 10.5. The summed E-state index contributed by atoms with van der Waals surface area (Å²) in [4.78, 5) is 2.82. The second kappa shape index (κ2) is 11.9. The standard InChI is InChI=1S/C21H25N3O3/c1-2-9-19(25)21(27-16-18-12-7-4-8-13-18)20(14-23-24-22)26-15-17-10-5-3-6-11-17/h2-8,10-13,19-21,25H,1,9,14-16H2/t19-,20-,21-/m0/s1. The molecule has 0 fully saturated rings. The van der Waals surface area contributed by atoms with E-state index in [0.717, 1.165) is 11.1 Å². The molecule has 6 nitrogen and oxygen atoms in total. The summed E-state index contributed by atoms with van der Waals surface area (Å²) < 4.78 is 11.9. The van der Waals surface area contributed by atoms with Crippen molar-refractivity contribution in [2.75, 3.05) is 6.54 Å². The molecule has 2 aromatic rings. The minimum Gasteiger partial charge on any atom is -0.390 e. The Morgan fingerprint density at radius 2 is 1.56 bits per heavy atom. The number of rotatable bonds is 12. The van der Waals surface area contributed by atoms with Crippen molar-refractivity contribution >= 4 is 0 Å². The second-order valence-electron chi connectivity index (χ2n) is 6.10. The number of ether oxygens (including phenoxy) is 2. The van der Waals surface area contributed by atoms with E-state index in [0.29, 0.717) is 19.6 Å². The molecule has 142 valence electrons. The van der Waals surface area contributed by atoms with Crippen molar-refractivity contribution in [3.63, 3.8) is 0 Å². The normalized spacial score (nSPS) is 14.0. The van der Waals surface area contributed by atoms with Crippen LogP contribution in [0.5, 0.6) is 0 Å². The second-order valence-corrected chi connectivity index (χ2v) is 6.10. The highest BCUT2D eigenvalue weighted by Gasteiger charge is 2.29. The Morgan fingerprint density at radius 3 is 2.07 bits per heavy atom. The Hall–Kier alpha value is -2.63. The average Bonchev–Trinajstić information content (AvgIpc) is 2.71. The molecule has 2 rings (SSSR count). The largest absolute Gasteiger partial charge is 0.390 e. The van der Waals surface area contributed by atoms with Crippen LogP contribution < -0.4 is 0 Å². The summed E-state index contributed by atoms with van der Waals surface area (Å²) in [5, 5.41) is 14.2. The SMILES string of the molecule is C=CC[C@H](O)[C@H](OCc1ccccc1)[C@H](CN=[N+]=[N-])OCc1ccccc1. The van der Waals surface area contributed by atoms with E-state index in [1.165, 1.54) is 0 Å². The van der Waals surface area contributed by atoms with Crippen molar-refractivity contribution < 1.29 is 14.6 Å². The van der Waals surface area contributed by atoms with Crippen LogP contribution in [0.25, 0.3) is 10.4 Å². The average molecular weight is 367 g/mol. The first-order chi connectivity index (χ1) is 13.2. The zero-order valence-electron chi connectivity index (χ0n) is 15.2. The first-order valence-corrected chi connectivity index (χ1v) is 8.85.